The lowest BCUT2D eigenvalue weighted by Gasteiger charge is -2.25. The fourth-order valence-electron chi connectivity index (χ4n) is 0.466. The molecule has 1 fully saturated rings. The second-order valence-corrected chi connectivity index (χ2v) is 4.55. The molecule has 0 aromatic rings. The Morgan fingerprint density at radius 2 is 1.80 bits per heavy atom. The molecule has 0 atom stereocenters. The molecule has 0 aromatic carbocycles. The van der Waals surface area contributed by atoms with Gasteiger partial charge in [-0.2, -0.15) is 8.42 Å². The predicted molar refractivity (Wildman–Crippen MR) is 35.1 cm³/mol. The largest absolute Gasteiger partial charge is 0.399 e. The van der Waals surface area contributed by atoms with Gasteiger partial charge in [-0.25, -0.2) is 8.37 Å². The van der Waals surface area contributed by atoms with Crippen molar-refractivity contribution in [2.24, 2.45) is 0 Å². The molecule has 1 rings (SSSR count). The Labute approximate surface area is 64.4 Å². The molecule has 0 unspecified atom stereocenters. The van der Waals surface area contributed by atoms with Crippen LogP contribution in [0.2, 0.25) is 0 Å². The summed E-state index contributed by atoms with van der Waals surface area (Å²) in [5.74, 6) is 0. The van der Waals surface area contributed by atoms with Crippen molar-refractivity contribution in [3.05, 3.63) is 0 Å². The zero-order chi connectivity index (χ0) is 7.83. The summed E-state index contributed by atoms with van der Waals surface area (Å²) in [4.78, 5) is -0.717. The fraction of sp³-hybridized carbons (Fsp3) is 1.00. The minimum absolute atomic E-state index is 0.0309. The summed E-state index contributed by atoms with van der Waals surface area (Å²) in [7, 11) is -3.74. The highest BCUT2D eigenvalue weighted by Gasteiger charge is 2.33. The summed E-state index contributed by atoms with van der Waals surface area (Å²) >= 11 is 5.68. The Kier molecular flexibility index (Phi) is 1.93. The van der Waals surface area contributed by atoms with Crippen LogP contribution in [0.5, 0.6) is 0 Å². The standard InChI is InChI=1S/C4H7ClO4S/c1-4(5)2-8-10(6,7)9-3-4/h2-3H2,1H3. The van der Waals surface area contributed by atoms with E-state index < -0.39 is 15.3 Å². The summed E-state index contributed by atoms with van der Waals surface area (Å²) in [5.41, 5.74) is 0. The molecule has 6 heteroatoms. The van der Waals surface area contributed by atoms with Gasteiger partial charge in [-0.1, -0.05) is 0 Å². The molecule has 0 bridgehead atoms. The third kappa shape index (κ3) is 2.09. The maximum absolute atomic E-state index is 10.4. The maximum Gasteiger partial charge on any atom is 0.399 e. The van der Waals surface area contributed by atoms with Crippen LogP contribution >= 0.6 is 11.6 Å². The van der Waals surface area contributed by atoms with Crippen LogP contribution in [0.4, 0.5) is 0 Å². The maximum atomic E-state index is 10.4. The van der Waals surface area contributed by atoms with Gasteiger partial charge in [0.25, 0.3) is 0 Å². The lowest BCUT2D eigenvalue weighted by atomic mass is 10.2. The first kappa shape index (κ1) is 8.26. The number of alkyl halides is 1. The monoisotopic (exact) mass is 186 g/mol. The summed E-state index contributed by atoms with van der Waals surface area (Å²) in [6.07, 6.45) is 0. The first-order valence-electron chi connectivity index (χ1n) is 2.64. The molecule has 4 nitrogen and oxygen atoms in total. The lowest BCUT2D eigenvalue weighted by Crippen LogP contribution is -2.38. The smallest absolute Gasteiger partial charge is 0.246 e. The van der Waals surface area contributed by atoms with Gasteiger partial charge in [0.15, 0.2) is 0 Å². The van der Waals surface area contributed by atoms with Gasteiger partial charge in [0, 0.05) is 0 Å². The van der Waals surface area contributed by atoms with Gasteiger partial charge in [0.05, 0.1) is 18.1 Å². The average molecular weight is 187 g/mol. The van der Waals surface area contributed by atoms with Crippen molar-refractivity contribution >= 4 is 22.0 Å². The predicted octanol–water partition coefficient (Wildman–Crippen LogP) is 0.276. The highest BCUT2D eigenvalue weighted by Crippen LogP contribution is 2.22. The molecule has 1 aliphatic heterocycles. The SMILES string of the molecule is CC1(Cl)COS(=O)(=O)OC1. The molecule has 0 aliphatic carbocycles. The van der Waals surface area contributed by atoms with Crippen LogP contribution in [0, 0.1) is 0 Å². The van der Waals surface area contributed by atoms with Crippen LogP contribution in [0.15, 0.2) is 0 Å². The molecule has 0 radical (unpaired) electrons. The van der Waals surface area contributed by atoms with Crippen LogP contribution in [0.25, 0.3) is 0 Å². The molecule has 0 saturated carbocycles. The van der Waals surface area contributed by atoms with E-state index in [9.17, 15) is 8.42 Å². The summed E-state index contributed by atoms with van der Waals surface area (Å²) < 4.78 is 29.5. The van der Waals surface area contributed by atoms with Gasteiger partial charge in [0.2, 0.25) is 0 Å². The molecule has 0 aromatic heterocycles. The number of halogens is 1. The lowest BCUT2D eigenvalue weighted by molar-refractivity contribution is 0.125. The minimum atomic E-state index is -3.74. The molecule has 10 heavy (non-hydrogen) atoms. The Hall–Kier alpha value is 0.160. The molecule has 0 amide bonds. The third-order valence-electron chi connectivity index (χ3n) is 1.01. The van der Waals surface area contributed by atoms with Crippen LogP contribution in [-0.4, -0.2) is 26.5 Å². The Morgan fingerprint density at radius 3 is 2.10 bits per heavy atom. The van der Waals surface area contributed by atoms with E-state index in [-0.39, 0.29) is 13.2 Å². The number of hydrogen-bond acceptors (Lipinski definition) is 4. The normalized spacial score (nSPS) is 29.8. The van der Waals surface area contributed by atoms with E-state index in [1.807, 2.05) is 0 Å². The van der Waals surface area contributed by atoms with Gasteiger partial charge in [-0.05, 0) is 6.92 Å². The van der Waals surface area contributed by atoms with Crippen molar-refractivity contribution in [2.45, 2.75) is 11.8 Å². The van der Waals surface area contributed by atoms with E-state index in [2.05, 4.69) is 8.37 Å². The van der Waals surface area contributed by atoms with Crippen molar-refractivity contribution in [1.82, 2.24) is 0 Å². The van der Waals surface area contributed by atoms with Gasteiger partial charge >= 0.3 is 10.4 Å². The first-order valence-corrected chi connectivity index (χ1v) is 4.35. The van der Waals surface area contributed by atoms with Gasteiger partial charge in [-0.3, -0.25) is 0 Å². The Bertz CT molecular complexity index is 203. The fourth-order valence-corrected chi connectivity index (χ4v) is 1.58. The first-order chi connectivity index (χ1) is 4.41. The van der Waals surface area contributed by atoms with Crippen LogP contribution in [0.3, 0.4) is 0 Å². The number of rotatable bonds is 0. The summed E-state index contributed by atoms with van der Waals surface area (Å²) in [6, 6.07) is 0. The van der Waals surface area contributed by atoms with Gasteiger partial charge in [0.1, 0.15) is 0 Å². The van der Waals surface area contributed by atoms with Crippen molar-refractivity contribution in [2.75, 3.05) is 13.2 Å². The van der Waals surface area contributed by atoms with Gasteiger partial charge in [-0.15, -0.1) is 11.6 Å². The van der Waals surface area contributed by atoms with E-state index in [4.69, 9.17) is 11.6 Å². The minimum Gasteiger partial charge on any atom is -0.246 e. The zero-order valence-corrected chi connectivity index (χ0v) is 6.91. The molecular formula is C4H7ClO4S. The van der Waals surface area contributed by atoms with E-state index >= 15 is 0 Å². The van der Waals surface area contributed by atoms with E-state index in [1.54, 1.807) is 6.92 Å². The molecule has 1 saturated heterocycles. The second-order valence-electron chi connectivity index (χ2n) is 2.35. The molecule has 0 N–H and O–H groups in total. The van der Waals surface area contributed by atoms with Crippen LogP contribution in [0.1, 0.15) is 6.92 Å². The van der Waals surface area contributed by atoms with Gasteiger partial charge < -0.3 is 0 Å². The molecular weight excluding hydrogens is 180 g/mol. The Balaban J connectivity index is 2.63. The average Bonchev–Trinajstić information content (AvgIpc) is 1.79. The van der Waals surface area contributed by atoms with Crippen molar-refractivity contribution in [3.8, 4) is 0 Å². The van der Waals surface area contributed by atoms with Crippen molar-refractivity contribution < 1.29 is 16.8 Å². The molecule has 1 aliphatic rings. The topological polar surface area (TPSA) is 52.6 Å². The van der Waals surface area contributed by atoms with Crippen LogP contribution in [-0.2, 0) is 18.8 Å². The van der Waals surface area contributed by atoms with Crippen molar-refractivity contribution in [3.63, 3.8) is 0 Å². The van der Waals surface area contributed by atoms with E-state index in [0.717, 1.165) is 0 Å². The molecule has 0 spiro atoms. The van der Waals surface area contributed by atoms with E-state index in [0.29, 0.717) is 0 Å². The third-order valence-corrected chi connectivity index (χ3v) is 2.04. The highest BCUT2D eigenvalue weighted by molar-refractivity contribution is 7.81. The van der Waals surface area contributed by atoms with E-state index in [1.165, 1.54) is 0 Å². The quantitative estimate of drug-likeness (QED) is 0.510. The summed E-state index contributed by atoms with van der Waals surface area (Å²) in [6.45, 7) is 1.58. The Morgan fingerprint density at radius 1 is 1.40 bits per heavy atom. The highest BCUT2D eigenvalue weighted by atomic mass is 35.5. The molecule has 60 valence electrons. The van der Waals surface area contributed by atoms with Crippen molar-refractivity contribution in [1.29, 1.82) is 0 Å². The second kappa shape index (κ2) is 2.34. The van der Waals surface area contributed by atoms with Crippen LogP contribution < -0.4 is 0 Å². The zero-order valence-electron chi connectivity index (χ0n) is 5.33. The summed E-state index contributed by atoms with van der Waals surface area (Å²) in [5, 5.41) is 0. The number of hydrogen-bond donors (Lipinski definition) is 0. The molecule has 1 heterocycles.